The summed E-state index contributed by atoms with van der Waals surface area (Å²) in [5.74, 6) is -0.118. The maximum atomic E-state index is 12.4. The Bertz CT molecular complexity index is 350. The zero-order valence-electron chi connectivity index (χ0n) is 15.6. The molecule has 0 fully saturated rings. The van der Waals surface area contributed by atoms with Gasteiger partial charge in [-0.05, 0) is 48.0 Å². The minimum atomic E-state index is -0.478. The highest BCUT2D eigenvalue weighted by Gasteiger charge is 2.27. The lowest BCUT2D eigenvalue weighted by molar-refractivity contribution is -0.155. The lowest BCUT2D eigenvalue weighted by Crippen LogP contribution is -2.46. The SMILES string of the molecule is CCCCCCC(=O)N(CCC(=O)OC(C)(C)C)C(C)(C)C. The van der Waals surface area contributed by atoms with Gasteiger partial charge >= 0.3 is 5.97 Å². The van der Waals surface area contributed by atoms with Gasteiger partial charge in [-0.1, -0.05) is 26.2 Å². The van der Waals surface area contributed by atoms with Crippen molar-refractivity contribution in [2.24, 2.45) is 0 Å². The van der Waals surface area contributed by atoms with Crippen LogP contribution in [0, 0.1) is 0 Å². The van der Waals surface area contributed by atoms with E-state index in [4.69, 9.17) is 4.74 Å². The fraction of sp³-hybridized carbons (Fsp3) is 0.889. The molecule has 0 aliphatic rings. The molecule has 0 radical (unpaired) electrons. The van der Waals surface area contributed by atoms with Gasteiger partial charge in [0.05, 0.1) is 6.42 Å². The number of rotatable bonds is 8. The zero-order valence-corrected chi connectivity index (χ0v) is 15.6. The Morgan fingerprint density at radius 3 is 1.95 bits per heavy atom. The molecule has 0 aliphatic carbocycles. The largest absolute Gasteiger partial charge is 0.460 e. The lowest BCUT2D eigenvalue weighted by atomic mass is 10.0. The molecule has 0 aliphatic heterocycles. The Morgan fingerprint density at radius 2 is 1.50 bits per heavy atom. The van der Waals surface area contributed by atoms with Crippen LogP contribution in [0.2, 0.25) is 0 Å². The summed E-state index contributed by atoms with van der Waals surface area (Å²) in [7, 11) is 0. The van der Waals surface area contributed by atoms with Gasteiger partial charge in [-0.2, -0.15) is 0 Å². The lowest BCUT2D eigenvalue weighted by Gasteiger charge is -2.36. The summed E-state index contributed by atoms with van der Waals surface area (Å²) in [6.45, 7) is 14.2. The second kappa shape index (κ2) is 9.16. The van der Waals surface area contributed by atoms with Crippen LogP contribution >= 0.6 is 0 Å². The summed E-state index contributed by atoms with van der Waals surface area (Å²) < 4.78 is 5.32. The van der Waals surface area contributed by atoms with Crippen molar-refractivity contribution in [2.45, 2.75) is 98.1 Å². The second-order valence-corrected chi connectivity index (χ2v) is 7.86. The summed E-state index contributed by atoms with van der Waals surface area (Å²) in [6, 6.07) is 0. The fourth-order valence-corrected chi connectivity index (χ4v) is 2.27. The maximum absolute atomic E-state index is 12.4. The van der Waals surface area contributed by atoms with E-state index in [0.29, 0.717) is 13.0 Å². The van der Waals surface area contributed by atoms with E-state index >= 15 is 0 Å². The maximum Gasteiger partial charge on any atom is 0.308 e. The summed E-state index contributed by atoms with van der Waals surface area (Å²) in [6.07, 6.45) is 5.15. The number of ether oxygens (including phenoxy) is 1. The smallest absolute Gasteiger partial charge is 0.308 e. The molecule has 0 saturated carbocycles. The minimum Gasteiger partial charge on any atom is -0.460 e. The first-order valence-electron chi connectivity index (χ1n) is 8.49. The van der Waals surface area contributed by atoms with Crippen molar-refractivity contribution in [3.05, 3.63) is 0 Å². The molecule has 0 aromatic rings. The Balaban J connectivity index is 4.47. The molecule has 4 nitrogen and oxygen atoms in total. The number of esters is 1. The highest BCUT2D eigenvalue weighted by Crippen LogP contribution is 2.18. The van der Waals surface area contributed by atoms with Gasteiger partial charge in [0.1, 0.15) is 5.60 Å². The molecule has 0 spiro atoms. The van der Waals surface area contributed by atoms with Crippen molar-refractivity contribution in [3.63, 3.8) is 0 Å². The second-order valence-electron chi connectivity index (χ2n) is 7.86. The number of amides is 1. The van der Waals surface area contributed by atoms with E-state index in [1.165, 1.54) is 6.42 Å². The van der Waals surface area contributed by atoms with Gasteiger partial charge in [0, 0.05) is 18.5 Å². The molecule has 0 saturated heterocycles. The van der Waals surface area contributed by atoms with E-state index < -0.39 is 5.60 Å². The highest BCUT2D eigenvalue weighted by molar-refractivity contribution is 5.78. The van der Waals surface area contributed by atoms with Crippen LogP contribution in [0.5, 0.6) is 0 Å². The van der Waals surface area contributed by atoms with E-state index in [1.54, 1.807) is 0 Å². The molecule has 1 amide bonds. The summed E-state index contributed by atoms with van der Waals surface area (Å²) in [5.41, 5.74) is -0.752. The van der Waals surface area contributed by atoms with Crippen molar-refractivity contribution in [3.8, 4) is 0 Å². The van der Waals surface area contributed by atoms with Crippen molar-refractivity contribution in [1.29, 1.82) is 0 Å². The summed E-state index contributed by atoms with van der Waals surface area (Å²) in [4.78, 5) is 26.1. The Morgan fingerprint density at radius 1 is 0.909 bits per heavy atom. The topological polar surface area (TPSA) is 46.6 Å². The number of carbonyl (C=O) groups excluding carboxylic acids is 2. The average molecular weight is 313 g/mol. The highest BCUT2D eigenvalue weighted by atomic mass is 16.6. The standard InChI is InChI=1S/C18H35NO3/c1-8-9-10-11-12-15(20)19(17(2,3)4)14-13-16(21)22-18(5,6)7/h8-14H2,1-7H3. The first-order valence-corrected chi connectivity index (χ1v) is 8.49. The Hall–Kier alpha value is -1.06. The van der Waals surface area contributed by atoms with Crippen LogP contribution in [0.15, 0.2) is 0 Å². The molecular weight excluding hydrogens is 278 g/mol. The number of carbonyl (C=O) groups is 2. The van der Waals surface area contributed by atoms with Crippen LogP contribution in [0.25, 0.3) is 0 Å². The van der Waals surface area contributed by atoms with E-state index in [0.717, 1.165) is 19.3 Å². The monoisotopic (exact) mass is 313 g/mol. The van der Waals surface area contributed by atoms with Gasteiger partial charge < -0.3 is 9.64 Å². The van der Waals surface area contributed by atoms with Crippen LogP contribution in [0.4, 0.5) is 0 Å². The van der Waals surface area contributed by atoms with E-state index in [1.807, 2.05) is 46.4 Å². The normalized spacial score (nSPS) is 12.1. The van der Waals surface area contributed by atoms with E-state index in [9.17, 15) is 9.59 Å². The Labute approximate surface area is 136 Å². The van der Waals surface area contributed by atoms with Gasteiger partial charge in [0.25, 0.3) is 0 Å². The van der Waals surface area contributed by atoms with Crippen LogP contribution in [-0.2, 0) is 14.3 Å². The average Bonchev–Trinajstić information content (AvgIpc) is 2.31. The predicted octanol–water partition coefficient (Wildman–Crippen LogP) is 4.32. The van der Waals surface area contributed by atoms with Crippen molar-refractivity contribution in [1.82, 2.24) is 4.90 Å². The van der Waals surface area contributed by atoms with E-state index in [-0.39, 0.29) is 23.8 Å². The predicted molar refractivity (Wildman–Crippen MR) is 90.7 cm³/mol. The molecule has 0 bridgehead atoms. The molecule has 0 unspecified atom stereocenters. The third-order valence-corrected chi connectivity index (χ3v) is 3.31. The van der Waals surface area contributed by atoms with Crippen molar-refractivity contribution >= 4 is 11.9 Å². The minimum absolute atomic E-state index is 0.132. The molecule has 0 aromatic carbocycles. The zero-order chi connectivity index (χ0) is 17.4. The molecule has 0 heterocycles. The van der Waals surface area contributed by atoms with Gasteiger partial charge in [0.15, 0.2) is 0 Å². The molecule has 130 valence electrons. The molecule has 0 atom stereocenters. The molecule has 0 rings (SSSR count). The van der Waals surface area contributed by atoms with Gasteiger partial charge in [-0.3, -0.25) is 9.59 Å². The van der Waals surface area contributed by atoms with Gasteiger partial charge in [-0.15, -0.1) is 0 Å². The molecule has 0 aromatic heterocycles. The number of hydrogen-bond donors (Lipinski definition) is 0. The molecule has 22 heavy (non-hydrogen) atoms. The van der Waals surface area contributed by atoms with Crippen LogP contribution in [0.1, 0.15) is 87.0 Å². The summed E-state index contributed by atoms with van der Waals surface area (Å²) in [5, 5.41) is 0. The van der Waals surface area contributed by atoms with Crippen LogP contribution in [0.3, 0.4) is 0 Å². The van der Waals surface area contributed by atoms with Crippen molar-refractivity contribution < 1.29 is 14.3 Å². The Kier molecular flexibility index (Phi) is 8.72. The van der Waals surface area contributed by atoms with Crippen molar-refractivity contribution in [2.75, 3.05) is 6.54 Å². The van der Waals surface area contributed by atoms with Gasteiger partial charge in [-0.25, -0.2) is 0 Å². The number of hydrogen-bond acceptors (Lipinski definition) is 3. The third kappa shape index (κ3) is 9.80. The van der Waals surface area contributed by atoms with Gasteiger partial charge in [0.2, 0.25) is 5.91 Å². The molecule has 0 N–H and O–H groups in total. The number of nitrogens with zero attached hydrogens (tertiary/aromatic N) is 1. The third-order valence-electron chi connectivity index (χ3n) is 3.31. The number of unbranched alkanes of at least 4 members (excludes halogenated alkanes) is 3. The quantitative estimate of drug-likeness (QED) is 0.495. The fourth-order valence-electron chi connectivity index (χ4n) is 2.27. The van der Waals surface area contributed by atoms with E-state index in [2.05, 4.69) is 6.92 Å². The first kappa shape index (κ1) is 20.9. The summed E-state index contributed by atoms with van der Waals surface area (Å²) >= 11 is 0. The van der Waals surface area contributed by atoms with Crippen LogP contribution < -0.4 is 0 Å². The van der Waals surface area contributed by atoms with Crippen LogP contribution in [-0.4, -0.2) is 34.5 Å². The first-order chi connectivity index (χ1) is 9.97. The molecule has 4 heteroatoms. The molecular formula is C18H35NO3.